The van der Waals surface area contributed by atoms with Gasteiger partial charge >= 0.3 is 0 Å². The van der Waals surface area contributed by atoms with Crippen LogP contribution in [0.2, 0.25) is 0 Å². The number of nitrogens with two attached hydrogens (primary N) is 1. The summed E-state index contributed by atoms with van der Waals surface area (Å²) in [5.74, 6) is 0.769. The highest BCUT2D eigenvalue weighted by molar-refractivity contribution is 5.76. The lowest BCUT2D eigenvalue weighted by Gasteiger charge is -2.34. The van der Waals surface area contributed by atoms with Crippen LogP contribution in [0.15, 0.2) is 0 Å². The van der Waals surface area contributed by atoms with Gasteiger partial charge in [-0.2, -0.15) is 0 Å². The van der Waals surface area contributed by atoms with Crippen LogP contribution >= 0.6 is 0 Å². The predicted molar refractivity (Wildman–Crippen MR) is 87.0 cm³/mol. The molecule has 0 aliphatic carbocycles. The molecule has 2 heterocycles. The van der Waals surface area contributed by atoms with Gasteiger partial charge < -0.3 is 10.6 Å². The van der Waals surface area contributed by atoms with Crippen molar-refractivity contribution < 1.29 is 4.79 Å². The van der Waals surface area contributed by atoms with Crippen molar-refractivity contribution in [3.63, 3.8) is 0 Å². The van der Waals surface area contributed by atoms with Crippen molar-refractivity contribution in [1.82, 2.24) is 9.80 Å². The van der Waals surface area contributed by atoms with Gasteiger partial charge in [-0.3, -0.25) is 9.69 Å². The molecule has 0 bridgehead atoms. The Hall–Kier alpha value is -0.610. The first-order valence-corrected chi connectivity index (χ1v) is 8.54. The average Bonchev–Trinajstić information content (AvgIpc) is 2.88. The van der Waals surface area contributed by atoms with Gasteiger partial charge in [0.2, 0.25) is 5.91 Å². The fourth-order valence-corrected chi connectivity index (χ4v) is 3.25. The van der Waals surface area contributed by atoms with Crippen LogP contribution in [-0.4, -0.2) is 54.0 Å². The Bertz CT molecular complexity index is 356. The summed E-state index contributed by atoms with van der Waals surface area (Å²) in [5.41, 5.74) is 6.18. The number of amides is 1. The summed E-state index contributed by atoms with van der Waals surface area (Å²) in [6, 6.07) is 0.944. The molecular weight excluding hydrogens is 262 g/mol. The van der Waals surface area contributed by atoms with E-state index in [1.165, 1.54) is 0 Å². The monoisotopic (exact) mass is 295 g/mol. The van der Waals surface area contributed by atoms with E-state index < -0.39 is 0 Å². The number of hydrogen-bond acceptors (Lipinski definition) is 3. The van der Waals surface area contributed by atoms with Crippen LogP contribution in [0, 0.1) is 11.3 Å². The Labute approximate surface area is 130 Å². The molecule has 2 aliphatic rings. The molecule has 4 heteroatoms. The van der Waals surface area contributed by atoms with Gasteiger partial charge in [-0.25, -0.2) is 0 Å². The first-order chi connectivity index (χ1) is 9.77. The quantitative estimate of drug-likeness (QED) is 0.867. The van der Waals surface area contributed by atoms with Crippen LogP contribution in [0.3, 0.4) is 0 Å². The average molecular weight is 295 g/mol. The van der Waals surface area contributed by atoms with Gasteiger partial charge in [0.05, 0.1) is 0 Å². The second kappa shape index (κ2) is 6.66. The summed E-state index contributed by atoms with van der Waals surface area (Å²) in [4.78, 5) is 17.1. The molecule has 2 fully saturated rings. The van der Waals surface area contributed by atoms with E-state index in [-0.39, 0.29) is 5.41 Å². The number of piperidine rings is 1. The van der Waals surface area contributed by atoms with E-state index in [1.807, 2.05) is 0 Å². The maximum atomic E-state index is 12.5. The summed E-state index contributed by atoms with van der Waals surface area (Å²) in [6.45, 7) is 12.9. The maximum Gasteiger partial charge on any atom is 0.222 e. The van der Waals surface area contributed by atoms with Crippen LogP contribution in [0.5, 0.6) is 0 Å². The minimum Gasteiger partial charge on any atom is -0.341 e. The fraction of sp³-hybridized carbons (Fsp3) is 0.941. The molecule has 0 aromatic rings. The van der Waals surface area contributed by atoms with Crippen molar-refractivity contribution in [2.75, 3.05) is 26.2 Å². The number of nitrogens with zero attached hydrogens (tertiary/aromatic N) is 2. The summed E-state index contributed by atoms with van der Waals surface area (Å²) >= 11 is 0. The molecule has 1 amide bonds. The zero-order chi connectivity index (χ0) is 15.6. The van der Waals surface area contributed by atoms with Gasteiger partial charge in [-0.15, -0.1) is 0 Å². The molecule has 21 heavy (non-hydrogen) atoms. The first-order valence-electron chi connectivity index (χ1n) is 8.54. The lowest BCUT2D eigenvalue weighted by molar-refractivity contribution is -0.132. The Morgan fingerprint density at radius 1 is 1.19 bits per heavy atom. The third kappa shape index (κ3) is 4.43. The van der Waals surface area contributed by atoms with Gasteiger partial charge in [-0.05, 0) is 43.7 Å². The normalized spacial score (nSPS) is 27.1. The SMILES string of the molecule is CC(CC(=O)N1CCC(N2CCC(N)CC2)C1)C(C)(C)C. The number of carbonyl (C=O) groups is 1. The van der Waals surface area contributed by atoms with Crippen LogP contribution in [0.4, 0.5) is 0 Å². The summed E-state index contributed by atoms with van der Waals surface area (Å²) in [6.07, 6.45) is 4.02. The molecule has 2 N–H and O–H groups in total. The van der Waals surface area contributed by atoms with Crippen LogP contribution in [-0.2, 0) is 4.79 Å². The van der Waals surface area contributed by atoms with Crippen LogP contribution in [0.25, 0.3) is 0 Å². The lowest BCUT2D eigenvalue weighted by atomic mass is 9.80. The minimum absolute atomic E-state index is 0.206. The fourth-order valence-electron chi connectivity index (χ4n) is 3.25. The molecule has 2 atom stereocenters. The van der Waals surface area contributed by atoms with E-state index in [0.717, 1.165) is 45.4 Å². The zero-order valence-electron chi connectivity index (χ0n) is 14.3. The molecule has 0 aromatic heterocycles. The molecule has 0 radical (unpaired) electrons. The predicted octanol–water partition coefficient (Wildman–Crippen LogP) is 2.08. The summed E-state index contributed by atoms with van der Waals surface area (Å²) in [7, 11) is 0. The summed E-state index contributed by atoms with van der Waals surface area (Å²) in [5, 5.41) is 0. The maximum absolute atomic E-state index is 12.5. The molecular formula is C17H33N3O. The molecule has 2 rings (SSSR count). The van der Waals surface area contributed by atoms with Gasteiger partial charge in [0.1, 0.15) is 0 Å². The number of hydrogen-bond donors (Lipinski definition) is 1. The van der Waals surface area contributed by atoms with Crippen molar-refractivity contribution in [1.29, 1.82) is 0 Å². The summed E-state index contributed by atoms with van der Waals surface area (Å²) < 4.78 is 0. The third-order valence-corrected chi connectivity index (χ3v) is 5.57. The van der Waals surface area contributed by atoms with Gasteiger partial charge in [0.15, 0.2) is 0 Å². The zero-order valence-corrected chi connectivity index (χ0v) is 14.3. The topological polar surface area (TPSA) is 49.6 Å². The minimum atomic E-state index is 0.206. The van der Waals surface area contributed by atoms with E-state index in [4.69, 9.17) is 5.73 Å². The number of carbonyl (C=O) groups excluding carboxylic acids is 1. The highest BCUT2D eigenvalue weighted by Gasteiger charge is 2.33. The molecule has 0 aromatic carbocycles. The Morgan fingerprint density at radius 2 is 1.81 bits per heavy atom. The van der Waals surface area contributed by atoms with Crippen LogP contribution < -0.4 is 5.73 Å². The second-order valence-corrected chi connectivity index (χ2v) is 8.13. The third-order valence-electron chi connectivity index (χ3n) is 5.57. The number of rotatable bonds is 3. The molecule has 0 saturated carbocycles. The number of likely N-dealkylation sites (tertiary alicyclic amines) is 2. The van der Waals surface area contributed by atoms with Crippen molar-refractivity contribution in [2.45, 2.75) is 65.5 Å². The second-order valence-electron chi connectivity index (χ2n) is 8.13. The lowest BCUT2D eigenvalue weighted by Crippen LogP contribution is -2.46. The molecule has 122 valence electrons. The van der Waals surface area contributed by atoms with E-state index >= 15 is 0 Å². The van der Waals surface area contributed by atoms with Crippen molar-refractivity contribution >= 4 is 5.91 Å². The molecule has 2 saturated heterocycles. The standard InChI is InChI=1S/C17H33N3O/c1-13(17(2,3)4)11-16(21)20-10-7-15(12-20)19-8-5-14(18)6-9-19/h13-15H,5-12,18H2,1-4H3. The highest BCUT2D eigenvalue weighted by atomic mass is 16.2. The Kier molecular flexibility index (Phi) is 5.31. The van der Waals surface area contributed by atoms with E-state index in [9.17, 15) is 4.79 Å². The Morgan fingerprint density at radius 3 is 2.38 bits per heavy atom. The molecule has 2 aliphatic heterocycles. The van der Waals surface area contributed by atoms with Gasteiger partial charge in [-0.1, -0.05) is 27.7 Å². The van der Waals surface area contributed by atoms with Gasteiger partial charge in [0, 0.05) is 31.6 Å². The highest BCUT2D eigenvalue weighted by Crippen LogP contribution is 2.29. The smallest absolute Gasteiger partial charge is 0.222 e. The largest absolute Gasteiger partial charge is 0.341 e. The van der Waals surface area contributed by atoms with Crippen molar-refractivity contribution in [3.05, 3.63) is 0 Å². The molecule has 4 nitrogen and oxygen atoms in total. The Balaban J connectivity index is 1.80. The molecule has 2 unspecified atom stereocenters. The van der Waals surface area contributed by atoms with Crippen molar-refractivity contribution in [2.24, 2.45) is 17.1 Å². The van der Waals surface area contributed by atoms with E-state index in [1.54, 1.807) is 0 Å². The molecule has 0 spiro atoms. The van der Waals surface area contributed by atoms with Gasteiger partial charge in [0.25, 0.3) is 0 Å². The van der Waals surface area contributed by atoms with Crippen LogP contribution in [0.1, 0.15) is 53.4 Å². The van der Waals surface area contributed by atoms with E-state index in [0.29, 0.717) is 30.3 Å². The van der Waals surface area contributed by atoms with E-state index in [2.05, 4.69) is 37.5 Å². The van der Waals surface area contributed by atoms with Crippen molar-refractivity contribution in [3.8, 4) is 0 Å². The first kappa shape index (κ1) is 16.8.